The van der Waals surface area contributed by atoms with Crippen molar-refractivity contribution in [1.82, 2.24) is 4.90 Å². The molecule has 0 bridgehead atoms. The summed E-state index contributed by atoms with van der Waals surface area (Å²) in [5.41, 5.74) is 3.51. The van der Waals surface area contributed by atoms with E-state index in [0.29, 0.717) is 55.8 Å². The number of amides is 4. The molecule has 7 rings (SSSR count). The van der Waals surface area contributed by atoms with Crippen LogP contribution >= 0.6 is 0 Å². The van der Waals surface area contributed by atoms with Crippen molar-refractivity contribution in [2.45, 2.75) is 57.3 Å². The van der Waals surface area contributed by atoms with E-state index in [0.717, 1.165) is 22.4 Å². The highest BCUT2D eigenvalue weighted by atomic mass is 16.3. The Kier molecular flexibility index (Phi) is 7.93. The smallest absolute Gasteiger partial charge is 0.264 e. The number of rotatable bonds is 9. The number of carbonyl (C=O) groups excluding carboxylic acids is 4. The Hall–Kier alpha value is -4.80. The van der Waals surface area contributed by atoms with Gasteiger partial charge in [0.05, 0.1) is 24.9 Å². The maximum absolute atomic E-state index is 14.2. The van der Waals surface area contributed by atoms with Crippen LogP contribution in [0.5, 0.6) is 0 Å². The van der Waals surface area contributed by atoms with Crippen molar-refractivity contribution in [3.8, 4) is 0 Å². The van der Waals surface area contributed by atoms with Gasteiger partial charge in [0.25, 0.3) is 5.91 Å². The van der Waals surface area contributed by atoms with Crippen molar-refractivity contribution in [3.63, 3.8) is 0 Å². The number of hydrogen-bond donors (Lipinski definition) is 2. The summed E-state index contributed by atoms with van der Waals surface area (Å²) in [6.07, 6.45) is 5.03. The van der Waals surface area contributed by atoms with E-state index in [4.69, 9.17) is 0 Å². The van der Waals surface area contributed by atoms with E-state index in [1.165, 1.54) is 0 Å². The predicted molar refractivity (Wildman–Crippen MR) is 176 cm³/mol. The largest absolute Gasteiger partial charge is 0.394 e. The molecule has 10 nitrogen and oxygen atoms in total. The Bertz CT molecular complexity index is 1790. The number of aliphatic hydroxyl groups is 2. The van der Waals surface area contributed by atoms with E-state index in [1.807, 2.05) is 48.5 Å². The van der Waals surface area contributed by atoms with E-state index < -0.39 is 17.4 Å². The fourth-order valence-electron chi connectivity index (χ4n) is 7.07. The minimum absolute atomic E-state index is 0.0107. The lowest BCUT2D eigenvalue weighted by atomic mass is 9.82. The van der Waals surface area contributed by atoms with Crippen LogP contribution in [0.25, 0.3) is 0 Å². The van der Waals surface area contributed by atoms with Gasteiger partial charge in [-0.05, 0) is 53.4 Å². The molecule has 3 atom stereocenters. The van der Waals surface area contributed by atoms with Crippen molar-refractivity contribution < 1.29 is 29.4 Å². The lowest BCUT2D eigenvalue weighted by Crippen LogP contribution is -2.46. The van der Waals surface area contributed by atoms with Gasteiger partial charge in [0.2, 0.25) is 17.7 Å². The quantitative estimate of drug-likeness (QED) is 0.275. The van der Waals surface area contributed by atoms with E-state index in [2.05, 4.69) is 0 Å². The Balaban J connectivity index is 1.12. The number of hydrogen-bond acceptors (Lipinski definition) is 6. The SMILES string of the molecule is C[C@H](/C=C/CC(=O)N1Cc2ccccc2C[C@H]1CO)[C@@]1(O)C(=O)N(Cc2ccc(N3CCC3=O)cc2)c2ccc(N3CCC3=O)cc21. The average Bonchev–Trinajstić information content (AvgIpc) is 3.28. The molecule has 3 aromatic rings. The first-order valence-electron chi connectivity index (χ1n) is 16.2. The number of anilines is 3. The topological polar surface area (TPSA) is 122 Å². The van der Waals surface area contributed by atoms with Crippen molar-refractivity contribution in [3.05, 3.63) is 101 Å². The lowest BCUT2D eigenvalue weighted by molar-refractivity contribution is -0.139. The molecule has 0 radical (unpaired) electrons. The minimum Gasteiger partial charge on any atom is -0.394 e. The summed E-state index contributed by atoms with van der Waals surface area (Å²) in [6.45, 7) is 3.51. The Labute approximate surface area is 273 Å². The standard InChI is InChI=1S/C37H38N4O6/c1-24(5-4-8-33(43)40-22-27-7-3-2-6-26(27)19-30(40)23-42)37(47)31-20-29(39-18-16-35(39)45)13-14-32(31)41(36(37)46)21-25-9-11-28(12-10-25)38-17-15-34(38)44/h2-7,9-14,20,24,30,42,47H,8,15-19,21-23H2,1H3/b5-4+/t24-,30+,37+/m1/s1. The molecule has 47 heavy (non-hydrogen) atoms. The molecule has 0 saturated carbocycles. The van der Waals surface area contributed by atoms with Gasteiger partial charge in [-0.25, -0.2) is 0 Å². The van der Waals surface area contributed by atoms with Gasteiger partial charge in [0.1, 0.15) is 0 Å². The number of carbonyl (C=O) groups is 4. The molecular weight excluding hydrogens is 596 g/mol. The second kappa shape index (κ2) is 12.1. The molecule has 2 fully saturated rings. The van der Waals surface area contributed by atoms with Crippen LogP contribution in [-0.2, 0) is 44.3 Å². The predicted octanol–water partition coefficient (Wildman–Crippen LogP) is 3.42. The van der Waals surface area contributed by atoms with Crippen LogP contribution in [0, 0.1) is 5.92 Å². The van der Waals surface area contributed by atoms with Gasteiger partial charge in [0.15, 0.2) is 5.60 Å². The normalized spacial score (nSPS) is 22.7. The monoisotopic (exact) mass is 634 g/mol. The van der Waals surface area contributed by atoms with Gasteiger partial charge < -0.3 is 29.8 Å². The van der Waals surface area contributed by atoms with Crippen molar-refractivity contribution in [2.75, 3.05) is 34.4 Å². The second-order valence-electron chi connectivity index (χ2n) is 12.9. The highest BCUT2D eigenvalue weighted by Crippen LogP contribution is 2.47. The molecule has 4 aliphatic heterocycles. The summed E-state index contributed by atoms with van der Waals surface area (Å²) in [5, 5.41) is 22.3. The van der Waals surface area contributed by atoms with E-state index in [1.54, 1.807) is 56.9 Å². The van der Waals surface area contributed by atoms with E-state index >= 15 is 0 Å². The molecule has 0 unspecified atom stereocenters. The molecule has 3 aromatic carbocycles. The molecule has 4 aliphatic rings. The first-order chi connectivity index (χ1) is 22.7. The summed E-state index contributed by atoms with van der Waals surface area (Å²) in [7, 11) is 0. The summed E-state index contributed by atoms with van der Waals surface area (Å²) >= 11 is 0. The van der Waals surface area contributed by atoms with Crippen molar-refractivity contribution >= 4 is 40.7 Å². The fourth-order valence-corrected chi connectivity index (χ4v) is 7.07. The molecule has 0 spiro atoms. The Morgan fingerprint density at radius 1 is 0.936 bits per heavy atom. The zero-order valence-corrected chi connectivity index (χ0v) is 26.3. The van der Waals surface area contributed by atoms with Crippen molar-refractivity contribution in [2.24, 2.45) is 5.92 Å². The zero-order chi connectivity index (χ0) is 32.9. The Morgan fingerprint density at radius 2 is 1.60 bits per heavy atom. The average molecular weight is 635 g/mol. The third-order valence-corrected chi connectivity index (χ3v) is 10.1. The second-order valence-corrected chi connectivity index (χ2v) is 12.9. The van der Waals surface area contributed by atoms with Crippen molar-refractivity contribution in [1.29, 1.82) is 0 Å². The van der Waals surface area contributed by atoms with Crippen LogP contribution in [0.2, 0.25) is 0 Å². The molecular formula is C37H38N4O6. The zero-order valence-electron chi connectivity index (χ0n) is 26.3. The molecule has 242 valence electrons. The number of β-lactam (4-membered cyclic amide) rings is 2. The molecule has 4 amide bonds. The van der Waals surface area contributed by atoms with Crippen LogP contribution in [0.15, 0.2) is 78.9 Å². The molecule has 0 aliphatic carbocycles. The van der Waals surface area contributed by atoms with Crippen LogP contribution in [-0.4, -0.2) is 64.5 Å². The van der Waals surface area contributed by atoms with Crippen LogP contribution < -0.4 is 14.7 Å². The highest BCUT2D eigenvalue weighted by molar-refractivity contribution is 6.08. The van der Waals surface area contributed by atoms with E-state index in [9.17, 15) is 29.4 Å². The highest BCUT2D eigenvalue weighted by Gasteiger charge is 2.53. The maximum atomic E-state index is 14.2. The van der Waals surface area contributed by atoms with Crippen LogP contribution in [0.4, 0.5) is 17.1 Å². The Morgan fingerprint density at radius 3 is 2.23 bits per heavy atom. The van der Waals surface area contributed by atoms with Gasteiger partial charge in [-0.15, -0.1) is 0 Å². The lowest BCUT2D eigenvalue weighted by Gasteiger charge is -2.36. The van der Waals surface area contributed by atoms with Crippen LogP contribution in [0.1, 0.15) is 48.4 Å². The minimum atomic E-state index is -1.93. The summed E-state index contributed by atoms with van der Waals surface area (Å²) in [5.74, 6) is -1.26. The number of fused-ring (bicyclic) bond motifs is 2. The van der Waals surface area contributed by atoms with Gasteiger partial charge >= 0.3 is 0 Å². The number of benzene rings is 3. The number of aliphatic hydroxyl groups excluding tert-OH is 1. The fraction of sp³-hybridized carbons (Fsp3) is 0.351. The molecule has 2 N–H and O–H groups in total. The number of nitrogens with zero attached hydrogens (tertiary/aromatic N) is 4. The third-order valence-electron chi connectivity index (χ3n) is 10.1. The van der Waals surface area contributed by atoms with Crippen LogP contribution in [0.3, 0.4) is 0 Å². The molecule has 10 heteroatoms. The summed E-state index contributed by atoms with van der Waals surface area (Å²) in [4.78, 5) is 58.3. The molecule has 0 aromatic heterocycles. The summed E-state index contributed by atoms with van der Waals surface area (Å²) < 4.78 is 0. The van der Waals surface area contributed by atoms with Gasteiger partial charge in [-0.2, -0.15) is 0 Å². The summed E-state index contributed by atoms with van der Waals surface area (Å²) in [6, 6.07) is 20.4. The maximum Gasteiger partial charge on any atom is 0.264 e. The first-order valence-corrected chi connectivity index (χ1v) is 16.2. The third kappa shape index (κ3) is 5.31. The van der Waals surface area contributed by atoms with Gasteiger partial charge in [-0.1, -0.05) is 55.5 Å². The molecule has 2 saturated heterocycles. The van der Waals surface area contributed by atoms with Gasteiger partial charge in [-0.3, -0.25) is 19.2 Å². The molecule has 4 heterocycles. The van der Waals surface area contributed by atoms with Gasteiger partial charge in [0, 0.05) is 61.8 Å². The first kappa shape index (κ1) is 30.8. The van der Waals surface area contributed by atoms with E-state index in [-0.39, 0.29) is 43.3 Å².